The summed E-state index contributed by atoms with van der Waals surface area (Å²) in [6.07, 6.45) is 2.83. The zero-order chi connectivity index (χ0) is 13.1. The summed E-state index contributed by atoms with van der Waals surface area (Å²) in [5.74, 6) is -0.152. The van der Waals surface area contributed by atoms with Crippen molar-refractivity contribution in [1.29, 1.82) is 0 Å². The second-order valence-corrected chi connectivity index (χ2v) is 3.86. The van der Waals surface area contributed by atoms with Crippen LogP contribution in [-0.4, -0.2) is 31.5 Å². The van der Waals surface area contributed by atoms with Crippen molar-refractivity contribution in [3.63, 3.8) is 0 Å². The molecule has 0 aromatic heterocycles. The molecule has 5 nitrogen and oxygen atoms in total. The third-order valence-electron chi connectivity index (χ3n) is 2.66. The highest BCUT2D eigenvalue weighted by Crippen LogP contribution is 2.29. The molecule has 1 aromatic carbocycles. The van der Waals surface area contributed by atoms with Crippen molar-refractivity contribution in [2.45, 2.75) is 6.04 Å². The molecule has 0 aliphatic carbocycles. The third kappa shape index (κ3) is 2.26. The van der Waals surface area contributed by atoms with Gasteiger partial charge < -0.3 is 15.2 Å². The minimum atomic E-state index is -0.627. The maximum absolute atomic E-state index is 11.8. The fourth-order valence-electron chi connectivity index (χ4n) is 1.72. The minimum Gasteiger partial charge on any atom is -0.490 e. The molecule has 1 aliphatic rings. The lowest BCUT2D eigenvalue weighted by molar-refractivity contribution is -0.134. The van der Waals surface area contributed by atoms with Crippen LogP contribution in [0.4, 0.5) is 0 Å². The summed E-state index contributed by atoms with van der Waals surface area (Å²) in [5, 5.41) is 0. The number of methoxy groups -OCH3 is 1. The van der Waals surface area contributed by atoms with Crippen LogP contribution in [0.1, 0.15) is 15.9 Å². The molecule has 1 aliphatic heterocycles. The van der Waals surface area contributed by atoms with Gasteiger partial charge in [-0.3, -0.25) is 4.79 Å². The number of rotatable bonds is 2. The molecular formula is C13H13NO4. The summed E-state index contributed by atoms with van der Waals surface area (Å²) in [7, 11) is 1.30. The van der Waals surface area contributed by atoms with Gasteiger partial charge in [0.05, 0.1) is 12.7 Å². The quantitative estimate of drug-likeness (QED) is 0.617. The number of benzene rings is 1. The number of carbonyl (C=O) groups excluding carboxylic acids is 2. The van der Waals surface area contributed by atoms with Crippen molar-refractivity contribution >= 4 is 17.8 Å². The van der Waals surface area contributed by atoms with Crippen LogP contribution in [0, 0.1) is 0 Å². The second kappa shape index (κ2) is 5.01. The number of nitrogens with two attached hydrogens (primary N) is 1. The lowest BCUT2D eigenvalue weighted by Crippen LogP contribution is -2.40. The van der Waals surface area contributed by atoms with Gasteiger partial charge in [0.15, 0.2) is 5.78 Å². The molecule has 2 N–H and O–H groups in total. The fraction of sp³-hybridized carbons (Fsp3) is 0.231. The first-order valence-electron chi connectivity index (χ1n) is 5.45. The van der Waals surface area contributed by atoms with Crippen molar-refractivity contribution in [2.75, 3.05) is 13.7 Å². The maximum Gasteiger partial charge on any atom is 0.330 e. The van der Waals surface area contributed by atoms with E-state index in [9.17, 15) is 9.59 Å². The molecule has 5 heteroatoms. The highest BCUT2D eigenvalue weighted by atomic mass is 16.5. The number of ketones is 1. The van der Waals surface area contributed by atoms with E-state index in [2.05, 4.69) is 4.74 Å². The molecule has 1 atom stereocenters. The zero-order valence-corrected chi connectivity index (χ0v) is 9.88. The number of ether oxygens (including phenoxy) is 2. The average molecular weight is 247 g/mol. The van der Waals surface area contributed by atoms with Gasteiger partial charge in [-0.1, -0.05) is 12.1 Å². The van der Waals surface area contributed by atoms with Crippen molar-refractivity contribution in [2.24, 2.45) is 5.73 Å². The summed E-state index contributed by atoms with van der Waals surface area (Å²) in [6.45, 7) is 0.148. The van der Waals surface area contributed by atoms with E-state index < -0.39 is 12.0 Å². The summed E-state index contributed by atoms with van der Waals surface area (Å²) in [5.41, 5.74) is 6.72. The summed E-state index contributed by atoms with van der Waals surface area (Å²) >= 11 is 0. The predicted molar refractivity (Wildman–Crippen MR) is 65.3 cm³/mol. The van der Waals surface area contributed by atoms with Gasteiger partial charge in [-0.25, -0.2) is 4.79 Å². The molecule has 18 heavy (non-hydrogen) atoms. The summed E-state index contributed by atoms with van der Waals surface area (Å²) in [4.78, 5) is 22.9. The fourth-order valence-corrected chi connectivity index (χ4v) is 1.72. The van der Waals surface area contributed by atoms with E-state index in [-0.39, 0.29) is 12.4 Å². The van der Waals surface area contributed by atoms with Crippen molar-refractivity contribution < 1.29 is 19.1 Å². The average Bonchev–Trinajstić information content (AvgIpc) is 2.40. The lowest BCUT2D eigenvalue weighted by Gasteiger charge is -2.22. The van der Waals surface area contributed by atoms with Crippen molar-refractivity contribution in [3.8, 4) is 5.75 Å². The summed E-state index contributed by atoms with van der Waals surface area (Å²) in [6, 6.07) is 4.50. The van der Waals surface area contributed by atoms with Crippen LogP contribution >= 0.6 is 0 Å². The molecule has 1 heterocycles. The Balaban J connectivity index is 2.37. The Labute approximate surface area is 104 Å². The maximum atomic E-state index is 11.8. The van der Waals surface area contributed by atoms with Crippen LogP contribution in [0.15, 0.2) is 24.3 Å². The van der Waals surface area contributed by atoms with Gasteiger partial charge in [-0.05, 0) is 12.1 Å². The topological polar surface area (TPSA) is 78.6 Å². The first-order chi connectivity index (χ1) is 8.63. The van der Waals surface area contributed by atoms with E-state index in [0.29, 0.717) is 16.9 Å². The standard InChI is InChI=1S/C13H13NO4/c1-17-11(15)6-5-8-3-2-4-9-12(16)10(14)7-18-13(8)9/h2-6,10H,7,14H2,1H3. The minimum absolute atomic E-state index is 0.148. The van der Waals surface area contributed by atoms with Gasteiger partial charge in [-0.2, -0.15) is 0 Å². The van der Waals surface area contributed by atoms with Gasteiger partial charge in [0.25, 0.3) is 0 Å². The van der Waals surface area contributed by atoms with E-state index in [0.717, 1.165) is 0 Å². The van der Waals surface area contributed by atoms with Crippen LogP contribution in [0.25, 0.3) is 6.08 Å². The molecule has 1 aromatic rings. The Bertz CT molecular complexity index is 522. The van der Waals surface area contributed by atoms with Crippen molar-refractivity contribution in [1.82, 2.24) is 0 Å². The molecule has 1 unspecified atom stereocenters. The largest absolute Gasteiger partial charge is 0.490 e. The number of para-hydroxylation sites is 1. The normalized spacial score (nSPS) is 18.3. The first-order valence-corrected chi connectivity index (χ1v) is 5.45. The van der Waals surface area contributed by atoms with Crippen LogP contribution in [0.2, 0.25) is 0 Å². The summed E-state index contributed by atoms with van der Waals surface area (Å²) < 4.78 is 9.95. The van der Waals surface area contributed by atoms with Gasteiger partial charge in [0, 0.05) is 11.6 Å². The smallest absolute Gasteiger partial charge is 0.330 e. The number of hydrogen-bond acceptors (Lipinski definition) is 5. The molecule has 94 valence electrons. The number of esters is 1. The number of fused-ring (bicyclic) bond motifs is 1. The molecule has 0 fully saturated rings. The molecule has 0 bridgehead atoms. The van der Waals surface area contributed by atoms with Gasteiger partial charge in [-0.15, -0.1) is 0 Å². The monoisotopic (exact) mass is 247 g/mol. The Kier molecular flexibility index (Phi) is 3.43. The molecule has 0 radical (unpaired) electrons. The van der Waals surface area contributed by atoms with Crippen molar-refractivity contribution in [3.05, 3.63) is 35.4 Å². The SMILES string of the molecule is COC(=O)C=Cc1cccc2c1OCC(N)C2=O. The van der Waals surface area contributed by atoms with Crippen LogP contribution < -0.4 is 10.5 Å². The lowest BCUT2D eigenvalue weighted by atomic mass is 9.98. The van der Waals surface area contributed by atoms with Crippen LogP contribution in [0.3, 0.4) is 0 Å². The first kappa shape index (κ1) is 12.3. The van der Waals surface area contributed by atoms with E-state index in [1.807, 2.05) is 0 Å². The highest BCUT2D eigenvalue weighted by molar-refractivity contribution is 6.04. The molecule has 0 saturated heterocycles. The van der Waals surface area contributed by atoms with Gasteiger partial charge in [0.1, 0.15) is 18.4 Å². The van der Waals surface area contributed by atoms with E-state index >= 15 is 0 Å². The highest BCUT2D eigenvalue weighted by Gasteiger charge is 2.26. The molecule has 0 spiro atoms. The Morgan fingerprint density at radius 2 is 2.33 bits per heavy atom. The van der Waals surface area contributed by atoms with Crippen LogP contribution in [0.5, 0.6) is 5.75 Å². The number of hydrogen-bond donors (Lipinski definition) is 1. The predicted octanol–water partition coefficient (Wildman–Crippen LogP) is 0.775. The number of Topliss-reactive ketones (excluding diaryl/α,β-unsaturated/α-hetero) is 1. The Morgan fingerprint density at radius 1 is 1.56 bits per heavy atom. The molecule has 2 rings (SSSR count). The zero-order valence-electron chi connectivity index (χ0n) is 9.88. The van der Waals surface area contributed by atoms with E-state index in [4.69, 9.17) is 10.5 Å². The molecular weight excluding hydrogens is 234 g/mol. The molecule has 0 amide bonds. The molecule has 0 saturated carbocycles. The Hall–Kier alpha value is -2.14. The van der Waals surface area contributed by atoms with Crippen LogP contribution in [-0.2, 0) is 9.53 Å². The third-order valence-corrected chi connectivity index (χ3v) is 2.66. The van der Waals surface area contributed by atoms with Gasteiger partial charge in [0.2, 0.25) is 0 Å². The second-order valence-electron chi connectivity index (χ2n) is 3.86. The number of carbonyl (C=O) groups is 2. The van der Waals surface area contributed by atoms with Gasteiger partial charge >= 0.3 is 5.97 Å². The van der Waals surface area contributed by atoms with E-state index in [1.54, 1.807) is 24.3 Å². The van der Waals surface area contributed by atoms with E-state index in [1.165, 1.54) is 13.2 Å². The Morgan fingerprint density at radius 3 is 3.06 bits per heavy atom.